The van der Waals surface area contributed by atoms with Gasteiger partial charge >= 0.3 is 5.97 Å². The molecule has 0 fully saturated rings. The van der Waals surface area contributed by atoms with Crippen molar-refractivity contribution in [2.75, 3.05) is 0 Å². The first-order chi connectivity index (χ1) is 7.43. The normalized spacial score (nSPS) is 18.8. The van der Waals surface area contributed by atoms with Crippen LogP contribution in [-0.4, -0.2) is 16.7 Å². The highest BCUT2D eigenvalue weighted by Crippen LogP contribution is 2.36. The van der Waals surface area contributed by atoms with Crippen molar-refractivity contribution in [3.63, 3.8) is 0 Å². The molecule has 1 aliphatic heterocycles. The van der Waals surface area contributed by atoms with Crippen molar-refractivity contribution in [2.24, 2.45) is 0 Å². The minimum atomic E-state index is -0.922. The monoisotopic (exact) mass is 218 g/mol. The van der Waals surface area contributed by atoms with Crippen LogP contribution in [0.1, 0.15) is 25.0 Å². The van der Waals surface area contributed by atoms with E-state index in [9.17, 15) is 9.90 Å². The highest BCUT2D eigenvalue weighted by atomic mass is 16.6. The van der Waals surface area contributed by atoms with Crippen LogP contribution in [-0.2, 0) is 9.53 Å². The molecule has 0 radical (unpaired) electrons. The number of aliphatic hydroxyl groups is 1. The second-order valence-electron chi connectivity index (χ2n) is 4.44. The number of ether oxygens (including phenoxy) is 1. The van der Waals surface area contributed by atoms with Crippen LogP contribution in [0.5, 0.6) is 0 Å². The predicted molar refractivity (Wildman–Crippen MR) is 60.9 cm³/mol. The molecule has 1 N–H and O–H groups in total. The molecular weight excluding hydrogens is 204 g/mol. The maximum Gasteiger partial charge on any atom is 0.343 e. The Kier molecular flexibility index (Phi) is 2.26. The standard InChI is InChI=1S/C13H14O3/c1-8-6-4-5-7-9(8)10-11(14)13(2,3)16-12(10)15/h4-7,14H,1-3H3. The fourth-order valence-corrected chi connectivity index (χ4v) is 1.82. The van der Waals surface area contributed by atoms with Gasteiger partial charge in [-0.1, -0.05) is 24.3 Å². The molecule has 1 aromatic carbocycles. The van der Waals surface area contributed by atoms with E-state index in [0.717, 1.165) is 11.1 Å². The van der Waals surface area contributed by atoms with Crippen molar-refractivity contribution in [2.45, 2.75) is 26.4 Å². The number of rotatable bonds is 1. The Bertz CT molecular complexity index is 484. The van der Waals surface area contributed by atoms with Crippen molar-refractivity contribution in [1.29, 1.82) is 0 Å². The van der Waals surface area contributed by atoms with Gasteiger partial charge in [-0.05, 0) is 31.9 Å². The lowest BCUT2D eigenvalue weighted by molar-refractivity contribution is -0.143. The van der Waals surface area contributed by atoms with Gasteiger partial charge in [-0.2, -0.15) is 0 Å². The predicted octanol–water partition coefficient (Wildman–Crippen LogP) is 2.60. The highest BCUT2D eigenvalue weighted by Gasteiger charge is 2.41. The Balaban J connectivity index is 2.61. The number of cyclic esters (lactones) is 1. The Hall–Kier alpha value is -1.77. The van der Waals surface area contributed by atoms with Gasteiger partial charge in [0.1, 0.15) is 5.57 Å². The summed E-state index contributed by atoms with van der Waals surface area (Å²) < 4.78 is 5.12. The summed E-state index contributed by atoms with van der Waals surface area (Å²) in [4.78, 5) is 11.7. The third-order valence-corrected chi connectivity index (χ3v) is 2.77. The summed E-state index contributed by atoms with van der Waals surface area (Å²) >= 11 is 0. The van der Waals surface area contributed by atoms with Gasteiger partial charge in [0, 0.05) is 0 Å². The largest absolute Gasteiger partial charge is 0.507 e. The molecule has 3 heteroatoms. The number of carbonyl (C=O) groups excluding carboxylic acids is 1. The van der Waals surface area contributed by atoms with Crippen molar-refractivity contribution in [3.8, 4) is 0 Å². The van der Waals surface area contributed by atoms with Crippen molar-refractivity contribution < 1.29 is 14.6 Å². The second-order valence-corrected chi connectivity index (χ2v) is 4.44. The average Bonchev–Trinajstić information content (AvgIpc) is 2.39. The van der Waals surface area contributed by atoms with Gasteiger partial charge < -0.3 is 9.84 Å². The van der Waals surface area contributed by atoms with Crippen LogP contribution < -0.4 is 0 Å². The highest BCUT2D eigenvalue weighted by molar-refractivity contribution is 6.19. The number of esters is 1. The zero-order valence-electron chi connectivity index (χ0n) is 9.57. The molecule has 0 bridgehead atoms. The quantitative estimate of drug-likeness (QED) is 0.737. The summed E-state index contributed by atoms with van der Waals surface area (Å²) in [7, 11) is 0. The number of hydrogen-bond acceptors (Lipinski definition) is 3. The van der Waals surface area contributed by atoms with E-state index in [1.54, 1.807) is 13.8 Å². The molecule has 0 spiro atoms. The molecule has 1 aliphatic rings. The molecule has 0 unspecified atom stereocenters. The topological polar surface area (TPSA) is 46.5 Å². The van der Waals surface area contributed by atoms with Crippen LogP contribution in [0.2, 0.25) is 0 Å². The molecule has 84 valence electrons. The van der Waals surface area contributed by atoms with Crippen LogP contribution in [0.4, 0.5) is 0 Å². The zero-order chi connectivity index (χ0) is 11.9. The van der Waals surface area contributed by atoms with Gasteiger partial charge in [0.05, 0.1) is 0 Å². The Morgan fingerprint density at radius 3 is 2.38 bits per heavy atom. The molecule has 2 rings (SSSR count). The molecule has 0 amide bonds. The smallest absolute Gasteiger partial charge is 0.343 e. The average molecular weight is 218 g/mol. The molecule has 1 aromatic rings. The van der Waals surface area contributed by atoms with Gasteiger partial charge in [0.15, 0.2) is 11.4 Å². The van der Waals surface area contributed by atoms with E-state index in [1.807, 2.05) is 31.2 Å². The summed E-state index contributed by atoms with van der Waals surface area (Å²) in [6.45, 7) is 5.24. The number of hydrogen-bond donors (Lipinski definition) is 1. The minimum Gasteiger partial charge on any atom is -0.507 e. The van der Waals surface area contributed by atoms with Crippen LogP contribution in [0.3, 0.4) is 0 Å². The molecular formula is C13H14O3. The van der Waals surface area contributed by atoms with Crippen LogP contribution in [0, 0.1) is 6.92 Å². The number of carbonyl (C=O) groups is 1. The van der Waals surface area contributed by atoms with Crippen LogP contribution >= 0.6 is 0 Å². The second kappa shape index (κ2) is 3.37. The molecule has 0 saturated carbocycles. The van der Waals surface area contributed by atoms with Gasteiger partial charge in [0.25, 0.3) is 0 Å². The number of benzene rings is 1. The van der Waals surface area contributed by atoms with Gasteiger partial charge in [-0.15, -0.1) is 0 Å². The summed E-state index contributed by atoms with van der Waals surface area (Å²) in [6.07, 6.45) is 0. The van der Waals surface area contributed by atoms with E-state index < -0.39 is 11.6 Å². The number of aliphatic hydroxyl groups excluding tert-OH is 1. The fourth-order valence-electron chi connectivity index (χ4n) is 1.82. The van der Waals surface area contributed by atoms with E-state index in [-0.39, 0.29) is 11.3 Å². The van der Waals surface area contributed by atoms with Gasteiger partial charge in [-0.3, -0.25) is 0 Å². The first-order valence-corrected chi connectivity index (χ1v) is 5.16. The Morgan fingerprint density at radius 2 is 1.88 bits per heavy atom. The zero-order valence-corrected chi connectivity index (χ0v) is 9.57. The summed E-state index contributed by atoms with van der Waals surface area (Å²) in [6, 6.07) is 7.43. The SMILES string of the molecule is Cc1ccccc1C1=C(O)C(C)(C)OC1=O. The lowest BCUT2D eigenvalue weighted by Crippen LogP contribution is -2.22. The first kappa shape index (κ1) is 10.7. The first-order valence-electron chi connectivity index (χ1n) is 5.16. The van der Waals surface area contributed by atoms with E-state index >= 15 is 0 Å². The van der Waals surface area contributed by atoms with Gasteiger partial charge in [-0.25, -0.2) is 4.79 Å². The minimum absolute atomic E-state index is 0.00630. The molecule has 0 aromatic heterocycles. The lowest BCUT2D eigenvalue weighted by Gasteiger charge is -2.16. The molecule has 0 aliphatic carbocycles. The maximum absolute atomic E-state index is 11.7. The molecule has 1 heterocycles. The third kappa shape index (κ3) is 1.48. The van der Waals surface area contributed by atoms with Crippen LogP contribution in [0.25, 0.3) is 5.57 Å². The van der Waals surface area contributed by atoms with Crippen LogP contribution in [0.15, 0.2) is 30.0 Å². The van der Waals surface area contributed by atoms with Gasteiger partial charge in [0.2, 0.25) is 0 Å². The van der Waals surface area contributed by atoms with Crippen molar-refractivity contribution >= 4 is 11.5 Å². The van der Waals surface area contributed by atoms with E-state index in [4.69, 9.17) is 4.74 Å². The molecule has 0 saturated heterocycles. The molecule has 3 nitrogen and oxygen atoms in total. The van der Waals surface area contributed by atoms with E-state index in [1.165, 1.54) is 0 Å². The summed E-state index contributed by atoms with van der Waals surface area (Å²) in [5, 5.41) is 10.00. The van der Waals surface area contributed by atoms with Crippen molar-refractivity contribution in [1.82, 2.24) is 0 Å². The number of aryl methyl sites for hydroxylation is 1. The maximum atomic E-state index is 11.7. The Morgan fingerprint density at radius 1 is 1.25 bits per heavy atom. The fraction of sp³-hybridized carbons (Fsp3) is 0.308. The summed E-state index contributed by atoms with van der Waals surface area (Å²) in [5.74, 6) is -0.455. The van der Waals surface area contributed by atoms with E-state index in [2.05, 4.69) is 0 Å². The molecule has 16 heavy (non-hydrogen) atoms. The lowest BCUT2D eigenvalue weighted by atomic mass is 9.97. The Labute approximate surface area is 94.4 Å². The van der Waals surface area contributed by atoms with Crippen molar-refractivity contribution in [3.05, 3.63) is 41.2 Å². The third-order valence-electron chi connectivity index (χ3n) is 2.77. The molecule has 0 atom stereocenters. The summed E-state index contributed by atoms with van der Waals surface area (Å²) in [5.41, 5.74) is 1.03. The van der Waals surface area contributed by atoms with E-state index in [0.29, 0.717) is 0 Å².